The molecule has 10 rings (SSSR count). The van der Waals surface area contributed by atoms with E-state index in [1.54, 1.807) is 0 Å². The summed E-state index contributed by atoms with van der Waals surface area (Å²) in [4.78, 5) is 11.4. The quantitative estimate of drug-likeness (QED) is 0.181. The molecule has 0 saturated carbocycles. The molecule has 0 unspecified atom stereocenters. The minimum absolute atomic E-state index is 0.826. The smallest absolute Gasteiger partial charge is 0.138 e. The van der Waals surface area contributed by atoms with Crippen molar-refractivity contribution in [2.45, 2.75) is 0 Å². The van der Waals surface area contributed by atoms with Gasteiger partial charge in [0.1, 0.15) is 11.6 Å². The van der Waals surface area contributed by atoms with Crippen LogP contribution in [0.25, 0.3) is 70.9 Å². The van der Waals surface area contributed by atoms with E-state index in [9.17, 15) is 0 Å². The zero-order chi connectivity index (χ0) is 31.6. The average molecular weight is 613 g/mol. The van der Waals surface area contributed by atoms with Crippen molar-refractivity contribution in [1.29, 1.82) is 0 Å². The SMILES string of the molecule is c1ccc(-n2c3ccccc3c3c4ccc5ccc(-c6ccc(N(c7ccccn7)c7ccccn7)cc6)c6ccc(cc32)c4c56)cc1. The first-order valence-corrected chi connectivity index (χ1v) is 16.3. The highest BCUT2D eigenvalue weighted by atomic mass is 15.2. The van der Waals surface area contributed by atoms with Crippen LogP contribution in [0.3, 0.4) is 0 Å². The number of aromatic nitrogens is 3. The fraction of sp³-hybridized carbons (Fsp3) is 0. The van der Waals surface area contributed by atoms with E-state index in [0.29, 0.717) is 0 Å². The number of nitrogens with zero attached hydrogens (tertiary/aromatic N) is 4. The van der Waals surface area contributed by atoms with Gasteiger partial charge in [-0.3, -0.25) is 4.90 Å². The second kappa shape index (κ2) is 10.5. The summed E-state index contributed by atoms with van der Waals surface area (Å²) in [5, 5.41) is 10.3. The Hall–Kier alpha value is -6.52. The number of benzene rings is 7. The van der Waals surface area contributed by atoms with Crippen LogP contribution in [0.2, 0.25) is 0 Å². The molecular formula is C44H28N4. The lowest BCUT2D eigenvalue weighted by Crippen LogP contribution is -2.12. The molecular weight excluding hydrogens is 585 g/mol. The van der Waals surface area contributed by atoms with Crippen LogP contribution in [-0.2, 0) is 0 Å². The minimum atomic E-state index is 0.826. The van der Waals surface area contributed by atoms with Crippen LogP contribution in [0.15, 0.2) is 170 Å². The highest BCUT2D eigenvalue weighted by Gasteiger charge is 2.20. The topological polar surface area (TPSA) is 34.0 Å². The number of anilines is 3. The van der Waals surface area contributed by atoms with Crippen molar-refractivity contribution in [3.05, 3.63) is 170 Å². The van der Waals surface area contributed by atoms with Gasteiger partial charge in [-0.25, -0.2) is 9.97 Å². The number of pyridine rings is 2. The largest absolute Gasteiger partial charge is 0.309 e. The highest BCUT2D eigenvalue weighted by molar-refractivity contribution is 6.34. The Bertz CT molecular complexity index is 2710. The zero-order valence-electron chi connectivity index (χ0n) is 26.0. The third kappa shape index (κ3) is 3.96. The van der Waals surface area contributed by atoms with Gasteiger partial charge in [0.05, 0.1) is 11.0 Å². The zero-order valence-corrected chi connectivity index (χ0v) is 26.0. The Balaban J connectivity index is 1.17. The summed E-state index contributed by atoms with van der Waals surface area (Å²) >= 11 is 0. The molecule has 224 valence electrons. The van der Waals surface area contributed by atoms with Gasteiger partial charge in [0.25, 0.3) is 0 Å². The number of rotatable bonds is 5. The van der Waals surface area contributed by atoms with Gasteiger partial charge in [0, 0.05) is 34.5 Å². The van der Waals surface area contributed by atoms with Crippen LogP contribution in [-0.4, -0.2) is 14.5 Å². The molecule has 3 aromatic heterocycles. The first-order chi connectivity index (χ1) is 23.8. The maximum Gasteiger partial charge on any atom is 0.138 e. The van der Waals surface area contributed by atoms with Gasteiger partial charge >= 0.3 is 0 Å². The van der Waals surface area contributed by atoms with Crippen LogP contribution < -0.4 is 4.90 Å². The molecule has 4 heteroatoms. The van der Waals surface area contributed by atoms with Crippen molar-refractivity contribution in [3.63, 3.8) is 0 Å². The van der Waals surface area contributed by atoms with Crippen LogP contribution in [0.1, 0.15) is 0 Å². The second-order valence-electron chi connectivity index (χ2n) is 12.3. The van der Waals surface area contributed by atoms with Gasteiger partial charge in [-0.2, -0.15) is 0 Å². The molecule has 0 aliphatic carbocycles. The van der Waals surface area contributed by atoms with Crippen LogP contribution in [0, 0.1) is 0 Å². The van der Waals surface area contributed by atoms with E-state index in [1.165, 1.54) is 70.9 Å². The Kier molecular flexibility index (Phi) is 5.84. The molecule has 10 aromatic rings. The number of hydrogen-bond donors (Lipinski definition) is 0. The number of fused-ring (bicyclic) bond motifs is 4. The minimum Gasteiger partial charge on any atom is -0.309 e. The van der Waals surface area contributed by atoms with E-state index < -0.39 is 0 Å². The van der Waals surface area contributed by atoms with E-state index in [4.69, 9.17) is 0 Å². The molecule has 3 heterocycles. The third-order valence-corrected chi connectivity index (χ3v) is 9.63. The lowest BCUT2D eigenvalue weighted by atomic mass is 9.88. The molecule has 0 fully saturated rings. The molecule has 0 bridgehead atoms. The molecule has 0 spiro atoms. The lowest BCUT2D eigenvalue weighted by molar-refractivity contribution is 1.13. The highest BCUT2D eigenvalue weighted by Crippen LogP contribution is 2.45. The summed E-state index contributed by atoms with van der Waals surface area (Å²) < 4.78 is 2.41. The number of para-hydroxylation sites is 2. The summed E-state index contributed by atoms with van der Waals surface area (Å²) in [6.07, 6.45) is 3.63. The van der Waals surface area contributed by atoms with Gasteiger partial charge in [0.15, 0.2) is 0 Å². The van der Waals surface area contributed by atoms with Gasteiger partial charge in [0.2, 0.25) is 0 Å². The van der Waals surface area contributed by atoms with Crippen molar-refractivity contribution >= 4 is 71.4 Å². The molecule has 4 nitrogen and oxygen atoms in total. The lowest BCUT2D eigenvalue weighted by Gasteiger charge is -2.23. The van der Waals surface area contributed by atoms with Crippen LogP contribution in [0.5, 0.6) is 0 Å². The van der Waals surface area contributed by atoms with Gasteiger partial charge in [-0.1, -0.05) is 97.1 Å². The summed E-state index contributed by atoms with van der Waals surface area (Å²) in [6, 6.07) is 56.3. The molecule has 48 heavy (non-hydrogen) atoms. The van der Waals surface area contributed by atoms with E-state index in [-0.39, 0.29) is 0 Å². The Morgan fingerprint density at radius 2 is 1.08 bits per heavy atom. The Morgan fingerprint density at radius 3 is 1.83 bits per heavy atom. The van der Waals surface area contributed by atoms with Gasteiger partial charge in [-0.15, -0.1) is 0 Å². The van der Waals surface area contributed by atoms with Crippen LogP contribution in [0.4, 0.5) is 17.3 Å². The Labute approximate surface area is 277 Å². The van der Waals surface area contributed by atoms with Crippen LogP contribution >= 0.6 is 0 Å². The van der Waals surface area contributed by atoms with Gasteiger partial charge < -0.3 is 4.57 Å². The fourth-order valence-electron chi connectivity index (χ4n) is 7.58. The normalized spacial score (nSPS) is 11.8. The number of hydrogen-bond acceptors (Lipinski definition) is 3. The second-order valence-corrected chi connectivity index (χ2v) is 12.3. The molecule has 0 radical (unpaired) electrons. The van der Waals surface area contributed by atoms with Crippen molar-refractivity contribution in [1.82, 2.24) is 14.5 Å². The molecule has 0 aliphatic rings. The van der Waals surface area contributed by atoms with E-state index >= 15 is 0 Å². The van der Waals surface area contributed by atoms with E-state index in [1.807, 2.05) is 48.8 Å². The van der Waals surface area contributed by atoms with Crippen molar-refractivity contribution in [3.8, 4) is 16.8 Å². The predicted molar refractivity (Wildman–Crippen MR) is 200 cm³/mol. The average Bonchev–Trinajstić information content (AvgIpc) is 3.49. The maximum atomic E-state index is 4.64. The molecule has 0 saturated heterocycles. The molecule has 7 aromatic carbocycles. The summed E-state index contributed by atoms with van der Waals surface area (Å²) in [5.74, 6) is 1.65. The summed E-state index contributed by atoms with van der Waals surface area (Å²) in [6.45, 7) is 0. The third-order valence-electron chi connectivity index (χ3n) is 9.63. The summed E-state index contributed by atoms with van der Waals surface area (Å²) in [5.41, 5.74) is 7.02. The molecule has 0 N–H and O–H groups in total. The van der Waals surface area contributed by atoms with E-state index in [0.717, 1.165) is 17.3 Å². The first-order valence-electron chi connectivity index (χ1n) is 16.3. The van der Waals surface area contributed by atoms with Crippen molar-refractivity contribution < 1.29 is 0 Å². The van der Waals surface area contributed by atoms with Crippen molar-refractivity contribution in [2.24, 2.45) is 0 Å². The van der Waals surface area contributed by atoms with Gasteiger partial charge in [-0.05, 0) is 104 Å². The summed E-state index contributed by atoms with van der Waals surface area (Å²) in [7, 11) is 0. The molecule has 0 atom stereocenters. The maximum absolute atomic E-state index is 4.64. The Morgan fingerprint density at radius 1 is 0.438 bits per heavy atom. The molecule has 0 amide bonds. The van der Waals surface area contributed by atoms with Crippen molar-refractivity contribution in [2.75, 3.05) is 4.90 Å². The first kappa shape index (κ1) is 26.7. The molecule has 0 aliphatic heterocycles. The fourth-order valence-corrected chi connectivity index (χ4v) is 7.58. The predicted octanol–water partition coefficient (Wildman–Crippen LogP) is 11.6. The van der Waals surface area contributed by atoms with E-state index in [2.05, 4.69) is 141 Å². The standard InChI is InChI=1S/C44H28N4/c1-2-10-32(11-3-1)47-38-13-5-4-12-36(38)44-37-25-19-30-18-23-34(35-24-20-31(28-39(44)47)43(37)42(30)35)29-16-21-33(22-17-29)48(40-14-6-8-26-45-40)41-15-7-9-27-46-41/h1-28H. The monoisotopic (exact) mass is 612 g/mol.